The highest BCUT2D eigenvalue weighted by Gasteiger charge is 2.06. The average molecular weight is 279 g/mol. The van der Waals surface area contributed by atoms with Crippen LogP contribution in [0.2, 0.25) is 0 Å². The number of nitrogens with one attached hydrogen (secondary N) is 1. The van der Waals surface area contributed by atoms with E-state index in [4.69, 9.17) is 9.15 Å². The monoisotopic (exact) mass is 279 g/mol. The van der Waals surface area contributed by atoms with Gasteiger partial charge in [-0.3, -0.25) is 0 Å². The van der Waals surface area contributed by atoms with Crippen molar-refractivity contribution in [1.82, 2.24) is 5.32 Å². The first-order valence-corrected chi connectivity index (χ1v) is 6.46. The fourth-order valence-electron chi connectivity index (χ4n) is 1.72. The number of furan rings is 1. The molecule has 0 fully saturated rings. The van der Waals surface area contributed by atoms with Crippen LogP contribution in [-0.2, 0) is 6.54 Å². The molecule has 0 amide bonds. The van der Waals surface area contributed by atoms with E-state index >= 15 is 0 Å². The van der Waals surface area contributed by atoms with Crippen LogP contribution < -0.4 is 10.1 Å². The Morgan fingerprint density at radius 2 is 2.00 bits per heavy atom. The van der Waals surface area contributed by atoms with Crippen molar-refractivity contribution in [2.24, 2.45) is 0 Å². The first kappa shape index (κ1) is 14.6. The molecule has 0 saturated carbocycles. The van der Waals surface area contributed by atoms with E-state index in [1.165, 1.54) is 24.3 Å². The molecule has 2 rings (SSSR count). The van der Waals surface area contributed by atoms with Gasteiger partial charge in [0.2, 0.25) is 0 Å². The smallest absolute Gasteiger partial charge is 0.123 e. The summed E-state index contributed by atoms with van der Waals surface area (Å²) in [6.07, 6.45) is -0.642. The lowest BCUT2D eigenvalue weighted by atomic mass is 10.3. The van der Waals surface area contributed by atoms with Gasteiger partial charge < -0.3 is 19.6 Å². The molecule has 0 aliphatic carbocycles. The second-order valence-electron chi connectivity index (χ2n) is 4.56. The number of aliphatic hydroxyl groups excluding tert-OH is 1. The van der Waals surface area contributed by atoms with Crippen LogP contribution in [0.15, 0.2) is 40.8 Å². The normalized spacial score (nSPS) is 12.3. The molecule has 0 aliphatic rings. The Morgan fingerprint density at radius 1 is 1.25 bits per heavy atom. The minimum Gasteiger partial charge on any atom is -0.491 e. The Bertz CT molecular complexity index is 524. The minimum atomic E-state index is -0.642. The molecule has 2 N–H and O–H groups in total. The van der Waals surface area contributed by atoms with Gasteiger partial charge in [0.25, 0.3) is 0 Å². The molecule has 0 saturated heterocycles. The second kappa shape index (κ2) is 7.07. The summed E-state index contributed by atoms with van der Waals surface area (Å²) in [4.78, 5) is 0. The fraction of sp³-hybridized carbons (Fsp3) is 0.333. The van der Waals surface area contributed by atoms with E-state index < -0.39 is 6.10 Å². The van der Waals surface area contributed by atoms with Crippen LogP contribution >= 0.6 is 0 Å². The van der Waals surface area contributed by atoms with E-state index in [-0.39, 0.29) is 12.4 Å². The van der Waals surface area contributed by atoms with Crippen molar-refractivity contribution in [3.05, 3.63) is 53.7 Å². The van der Waals surface area contributed by atoms with Gasteiger partial charge in [0.1, 0.15) is 35.8 Å². The first-order valence-electron chi connectivity index (χ1n) is 6.46. The van der Waals surface area contributed by atoms with Gasteiger partial charge in [0.05, 0.1) is 6.54 Å². The Labute approximate surface area is 117 Å². The zero-order chi connectivity index (χ0) is 14.4. The topological polar surface area (TPSA) is 54.6 Å². The highest BCUT2D eigenvalue weighted by Crippen LogP contribution is 2.11. The number of rotatable bonds is 7. The minimum absolute atomic E-state index is 0.149. The number of halogens is 1. The zero-order valence-electron chi connectivity index (χ0n) is 11.3. The van der Waals surface area contributed by atoms with E-state index in [1.54, 1.807) is 0 Å². The number of hydrogen-bond acceptors (Lipinski definition) is 4. The molecule has 108 valence electrons. The van der Waals surface area contributed by atoms with Crippen LogP contribution in [-0.4, -0.2) is 24.4 Å². The number of aliphatic hydroxyl groups is 1. The van der Waals surface area contributed by atoms with E-state index in [1.807, 2.05) is 19.1 Å². The van der Waals surface area contributed by atoms with Crippen molar-refractivity contribution >= 4 is 0 Å². The molecular weight excluding hydrogens is 261 g/mol. The Kier molecular flexibility index (Phi) is 5.15. The second-order valence-corrected chi connectivity index (χ2v) is 4.56. The molecular formula is C15H18FNO3. The lowest BCUT2D eigenvalue weighted by Crippen LogP contribution is -2.31. The standard InChI is InChI=1S/C15H18FNO3/c1-11-2-5-15(20-11)9-17-8-13(18)10-19-14-6-3-12(16)4-7-14/h2-7,13,17-18H,8-10H2,1H3. The van der Waals surface area contributed by atoms with E-state index in [2.05, 4.69) is 5.32 Å². The number of ether oxygens (including phenoxy) is 1. The number of benzene rings is 1. The lowest BCUT2D eigenvalue weighted by Gasteiger charge is -2.12. The Morgan fingerprint density at radius 3 is 2.65 bits per heavy atom. The van der Waals surface area contributed by atoms with Gasteiger partial charge in [-0.25, -0.2) is 4.39 Å². The van der Waals surface area contributed by atoms with Crippen molar-refractivity contribution in [3.8, 4) is 5.75 Å². The first-order chi connectivity index (χ1) is 9.63. The van der Waals surface area contributed by atoms with Gasteiger partial charge in [-0.2, -0.15) is 0 Å². The lowest BCUT2D eigenvalue weighted by molar-refractivity contribution is 0.105. The molecule has 0 bridgehead atoms. The number of hydrogen-bond donors (Lipinski definition) is 2. The summed E-state index contributed by atoms with van der Waals surface area (Å²) in [5.74, 6) is 1.91. The molecule has 1 heterocycles. The summed E-state index contributed by atoms with van der Waals surface area (Å²) in [7, 11) is 0. The molecule has 4 nitrogen and oxygen atoms in total. The Balaban J connectivity index is 1.65. The zero-order valence-corrected chi connectivity index (χ0v) is 11.3. The summed E-state index contributed by atoms with van der Waals surface area (Å²) >= 11 is 0. The highest BCUT2D eigenvalue weighted by molar-refractivity contribution is 5.22. The molecule has 0 spiro atoms. The van der Waals surface area contributed by atoms with Gasteiger partial charge in [-0.05, 0) is 43.3 Å². The molecule has 0 aliphatic heterocycles. The maximum Gasteiger partial charge on any atom is 0.123 e. The summed E-state index contributed by atoms with van der Waals surface area (Å²) < 4.78 is 23.4. The van der Waals surface area contributed by atoms with Gasteiger partial charge in [-0.1, -0.05) is 0 Å². The van der Waals surface area contributed by atoms with Crippen molar-refractivity contribution in [2.75, 3.05) is 13.2 Å². The maximum absolute atomic E-state index is 12.7. The summed E-state index contributed by atoms with van der Waals surface area (Å²) in [5, 5.41) is 12.8. The van der Waals surface area contributed by atoms with Crippen LogP contribution in [0, 0.1) is 12.7 Å². The third-order valence-corrected chi connectivity index (χ3v) is 2.73. The summed E-state index contributed by atoms with van der Waals surface area (Å²) in [6.45, 7) is 2.98. The van der Waals surface area contributed by atoms with Crippen LogP contribution in [0.4, 0.5) is 4.39 Å². The predicted octanol–water partition coefficient (Wildman–Crippen LogP) is 2.26. The van der Waals surface area contributed by atoms with Crippen molar-refractivity contribution in [1.29, 1.82) is 0 Å². The van der Waals surface area contributed by atoms with Gasteiger partial charge in [-0.15, -0.1) is 0 Å². The average Bonchev–Trinajstić information content (AvgIpc) is 2.84. The van der Waals surface area contributed by atoms with Gasteiger partial charge >= 0.3 is 0 Å². The summed E-state index contributed by atoms with van der Waals surface area (Å²) in [5.41, 5.74) is 0. The van der Waals surface area contributed by atoms with Crippen LogP contribution in [0.3, 0.4) is 0 Å². The van der Waals surface area contributed by atoms with Crippen LogP contribution in [0.25, 0.3) is 0 Å². The molecule has 1 atom stereocenters. The summed E-state index contributed by atoms with van der Waals surface area (Å²) in [6, 6.07) is 9.48. The quantitative estimate of drug-likeness (QED) is 0.816. The van der Waals surface area contributed by atoms with Crippen molar-refractivity contribution in [3.63, 3.8) is 0 Å². The Hall–Kier alpha value is -1.85. The van der Waals surface area contributed by atoms with Crippen LogP contribution in [0.5, 0.6) is 5.75 Å². The molecule has 2 aromatic rings. The SMILES string of the molecule is Cc1ccc(CNCC(O)COc2ccc(F)cc2)o1. The van der Waals surface area contributed by atoms with E-state index in [9.17, 15) is 9.50 Å². The predicted molar refractivity (Wildman–Crippen MR) is 73.1 cm³/mol. The molecule has 1 unspecified atom stereocenters. The molecule has 1 aromatic carbocycles. The third kappa shape index (κ3) is 4.68. The maximum atomic E-state index is 12.7. The third-order valence-electron chi connectivity index (χ3n) is 2.73. The van der Waals surface area contributed by atoms with Gasteiger partial charge in [0, 0.05) is 6.54 Å². The molecule has 1 aromatic heterocycles. The van der Waals surface area contributed by atoms with E-state index in [0.717, 1.165) is 11.5 Å². The van der Waals surface area contributed by atoms with Crippen molar-refractivity contribution < 1.29 is 18.7 Å². The largest absolute Gasteiger partial charge is 0.491 e. The van der Waals surface area contributed by atoms with Crippen molar-refractivity contribution in [2.45, 2.75) is 19.6 Å². The molecule has 20 heavy (non-hydrogen) atoms. The molecule has 5 heteroatoms. The molecule has 0 radical (unpaired) electrons. The fourth-order valence-corrected chi connectivity index (χ4v) is 1.72. The van der Waals surface area contributed by atoms with E-state index in [0.29, 0.717) is 18.8 Å². The highest BCUT2D eigenvalue weighted by atomic mass is 19.1. The number of aryl methyl sites for hydroxylation is 1. The van der Waals surface area contributed by atoms with Gasteiger partial charge in [0.15, 0.2) is 0 Å². The van der Waals surface area contributed by atoms with Crippen LogP contribution in [0.1, 0.15) is 11.5 Å².